The number of urea groups is 1. The molecule has 6 heteroatoms. The lowest BCUT2D eigenvalue weighted by Gasteiger charge is -2.36. The zero-order valence-electron chi connectivity index (χ0n) is 15.8. The molecule has 3 fully saturated rings. The molecule has 1 aromatic rings. The van der Waals surface area contributed by atoms with Crippen molar-refractivity contribution in [2.24, 2.45) is 5.92 Å². The maximum atomic E-state index is 12.8. The second-order valence-corrected chi connectivity index (χ2v) is 8.62. The molecule has 0 N–H and O–H groups in total. The van der Waals surface area contributed by atoms with Gasteiger partial charge in [0.25, 0.3) is 0 Å². The Morgan fingerprint density at radius 3 is 2.62 bits per heavy atom. The normalized spacial score (nSPS) is 22.2. The first-order valence-corrected chi connectivity index (χ1v) is 10.6. The summed E-state index contributed by atoms with van der Waals surface area (Å²) in [6.45, 7) is 2.26. The molecule has 0 spiro atoms. The third-order valence-corrected chi connectivity index (χ3v) is 6.29. The van der Waals surface area contributed by atoms with Gasteiger partial charge in [0.1, 0.15) is 0 Å². The van der Waals surface area contributed by atoms with Crippen LogP contribution in [0.1, 0.15) is 24.8 Å². The second-order valence-electron chi connectivity index (χ2n) is 7.51. The van der Waals surface area contributed by atoms with E-state index in [1.807, 2.05) is 22.7 Å². The summed E-state index contributed by atoms with van der Waals surface area (Å²) in [6, 6.07) is 10.6. The Kier molecular flexibility index (Phi) is 6.46. The number of hydrogen-bond donors (Lipinski definition) is 0. The first-order valence-electron chi connectivity index (χ1n) is 9.42. The molecule has 26 heavy (non-hydrogen) atoms. The van der Waals surface area contributed by atoms with Crippen LogP contribution in [-0.2, 0) is 10.5 Å². The van der Waals surface area contributed by atoms with Gasteiger partial charge in [0.15, 0.2) is 0 Å². The smallest absolute Gasteiger partial charge is 0.319 e. The highest BCUT2D eigenvalue weighted by Gasteiger charge is 2.38. The van der Waals surface area contributed by atoms with Gasteiger partial charge in [0.05, 0.1) is 0 Å². The fraction of sp³-hybridized carbons (Fsp3) is 0.600. The number of carbonyl (C=O) groups excluding carboxylic acids is 2. The second kappa shape index (κ2) is 8.80. The molecule has 0 aromatic heterocycles. The third-order valence-electron chi connectivity index (χ3n) is 5.26. The molecule has 3 amide bonds. The van der Waals surface area contributed by atoms with Gasteiger partial charge >= 0.3 is 6.03 Å². The van der Waals surface area contributed by atoms with Gasteiger partial charge in [0.2, 0.25) is 5.91 Å². The highest BCUT2D eigenvalue weighted by atomic mass is 32.2. The monoisotopic (exact) mass is 375 g/mol. The van der Waals surface area contributed by atoms with Crippen LogP contribution >= 0.6 is 11.8 Å². The number of rotatable bonds is 5. The summed E-state index contributed by atoms with van der Waals surface area (Å²) in [4.78, 5) is 30.7. The zero-order valence-corrected chi connectivity index (χ0v) is 16.6. The van der Waals surface area contributed by atoms with Crippen LogP contribution in [0.15, 0.2) is 30.3 Å². The first-order chi connectivity index (χ1) is 12.5. The van der Waals surface area contributed by atoms with Gasteiger partial charge in [-0.3, -0.25) is 4.79 Å². The van der Waals surface area contributed by atoms with E-state index in [9.17, 15) is 9.59 Å². The molecular formula is C20H29N3O2S. The standard InChI is InChI=1S/C20H29N3O2S/c1-21(2)20(25)22-12-17-8-9-18(14-22)23(13-17)19(24)10-11-26-15-16-6-4-3-5-7-16/h3-7,17-18H,8-15H2,1-2H3/t17-,18+/m1/s1. The van der Waals surface area contributed by atoms with Crippen molar-refractivity contribution in [2.75, 3.05) is 39.5 Å². The molecule has 0 saturated carbocycles. The van der Waals surface area contributed by atoms with E-state index in [1.165, 1.54) is 5.56 Å². The Balaban J connectivity index is 1.49. The lowest BCUT2D eigenvalue weighted by Crippen LogP contribution is -2.48. The molecule has 0 radical (unpaired) electrons. The van der Waals surface area contributed by atoms with Gasteiger partial charge in [-0.2, -0.15) is 11.8 Å². The molecule has 0 unspecified atom stereocenters. The van der Waals surface area contributed by atoms with Crippen molar-refractivity contribution < 1.29 is 9.59 Å². The molecule has 142 valence electrons. The number of piperidine rings is 1. The Bertz CT molecular complexity index is 623. The number of amides is 3. The van der Waals surface area contributed by atoms with E-state index in [2.05, 4.69) is 29.2 Å². The molecule has 3 saturated heterocycles. The van der Waals surface area contributed by atoms with Crippen LogP contribution in [0.2, 0.25) is 0 Å². The topological polar surface area (TPSA) is 43.9 Å². The SMILES string of the molecule is CN(C)C(=O)N1C[C@H]2CC[C@@H](C1)N(C(=O)CCSCc1ccccc1)C2. The first kappa shape index (κ1) is 19.1. The van der Waals surface area contributed by atoms with Crippen LogP contribution in [0.4, 0.5) is 4.79 Å². The van der Waals surface area contributed by atoms with Crippen LogP contribution in [-0.4, -0.2) is 72.2 Å². The van der Waals surface area contributed by atoms with Crippen molar-refractivity contribution in [3.05, 3.63) is 35.9 Å². The molecule has 0 aliphatic carbocycles. The van der Waals surface area contributed by atoms with E-state index in [1.54, 1.807) is 19.0 Å². The highest BCUT2D eigenvalue weighted by molar-refractivity contribution is 7.98. The van der Waals surface area contributed by atoms with E-state index in [4.69, 9.17) is 0 Å². The van der Waals surface area contributed by atoms with Crippen molar-refractivity contribution in [3.8, 4) is 0 Å². The number of thioether (sulfide) groups is 1. The molecule has 3 heterocycles. The largest absolute Gasteiger partial charge is 0.338 e. The van der Waals surface area contributed by atoms with Gasteiger partial charge < -0.3 is 14.7 Å². The van der Waals surface area contributed by atoms with Crippen molar-refractivity contribution in [1.82, 2.24) is 14.7 Å². The Labute approximate surface area is 160 Å². The average molecular weight is 376 g/mol. The maximum Gasteiger partial charge on any atom is 0.319 e. The molecule has 1 aromatic carbocycles. The lowest BCUT2D eigenvalue weighted by atomic mass is 9.95. The number of nitrogens with zero attached hydrogens (tertiary/aromatic N) is 3. The molecule has 2 bridgehead atoms. The van der Waals surface area contributed by atoms with Gasteiger partial charge in [-0.1, -0.05) is 30.3 Å². The van der Waals surface area contributed by atoms with Crippen molar-refractivity contribution >= 4 is 23.7 Å². The van der Waals surface area contributed by atoms with E-state index in [-0.39, 0.29) is 18.0 Å². The van der Waals surface area contributed by atoms with Gasteiger partial charge in [-0.05, 0) is 24.3 Å². The number of fused-ring (bicyclic) bond motifs is 4. The van der Waals surface area contributed by atoms with Crippen LogP contribution in [0.3, 0.4) is 0 Å². The van der Waals surface area contributed by atoms with E-state index in [0.29, 0.717) is 18.9 Å². The summed E-state index contributed by atoms with van der Waals surface area (Å²) in [5.74, 6) is 2.46. The minimum Gasteiger partial charge on any atom is -0.338 e. The summed E-state index contributed by atoms with van der Waals surface area (Å²) < 4.78 is 0. The summed E-state index contributed by atoms with van der Waals surface area (Å²) in [5, 5.41) is 0. The summed E-state index contributed by atoms with van der Waals surface area (Å²) >= 11 is 1.81. The fourth-order valence-corrected chi connectivity index (χ4v) is 4.79. The van der Waals surface area contributed by atoms with Crippen LogP contribution in [0.25, 0.3) is 0 Å². The van der Waals surface area contributed by atoms with E-state index >= 15 is 0 Å². The zero-order chi connectivity index (χ0) is 18.5. The quantitative estimate of drug-likeness (QED) is 0.743. The minimum absolute atomic E-state index is 0.0645. The molecule has 3 aliphatic heterocycles. The minimum atomic E-state index is 0.0645. The Morgan fingerprint density at radius 1 is 1.12 bits per heavy atom. The maximum absolute atomic E-state index is 12.8. The predicted octanol–water partition coefficient (Wildman–Crippen LogP) is 2.91. The molecular weight excluding hydrogens is 346 g/mol. The molecule has 3 aliphatic rings. The third kappa shape index (κ3) is 4.72. The predicted molar refractivity (Wildman–Crippen MR) is 106 cm³/mol. The summed E-state index contributed by atoms with van der Waals surface area (Å²) in [5.41, 5.74) is 1.30. The average Bonchev–Trinajstić information content (AvgIpc) is 2.97. The van der Waals surface area contributed by atoms with Crippen molar-refractivity contribution in [3.63, 3.8) is 0 Å². The summed E-state index contributed by atoms with van der Waals surface area (Å²) in [7, 11) is 3.59. The number of benzene rings is 1. The Morgan fingerprint density at radius 2 is 1.88 bits per heavy atom. The molecule has 4 rings (SSSR count). The van der Waals surface area contributed by atoms with E-state index < -0.39 is 0 Å². The van der Waals surface area contributed by atoms with Crippen molar-refractivity contribution in [1.29, 1.82) is 0 Å². The van der Waals surface area contributed by atoms with Crippen LogP contribution in [0, 0.1) is 5.92 Å². The number of hydrogen-bond acceptors (Lipinski definition) is 3. The van der Waals surface area contributed by atoms with Gasteiger partial charge in [-0.25, -0.2) is 4.79 Å². The number of carbonyl (C=O) groups is 2. The summed E-state index contributed by atoms with van der Waals surface area (Å²) in [6.07, 6.45) is 2.72. The molecule has 5 nitrogen and oxygen atoms in total. The van der Waals surface area contributed by atoms with Crippen molar-refractivity contribution in [2.45, 2.75) is 31.1 Å². The van der Waals surface area contributed by atoms with Gasteiger partial charge in [-0.15, -0.1) is 0 Å². The highest BCUT2D eigenvalue weighted by Crippen LogP contribution is 2.29. The Hall–Kier alpha value is -1.69. The van der Waals surface area contributed by atoms with Crippen LogP contribution < -0.4 is 0 Å². The van der Waals surface area contributed by atoms with Crippen LogP contribution in [0.5, 0.6) is 0 Å². The fourth-order valence-electron chi connectivity index (χ4n) is 3.89. The van der Waals surface area contributed by atoms with E-state index in [0.717, 1.165) is 37.4 Å². The lowest BCUT2D eigenvalue weighted by molar-refractivity contribution is -0.134. The van der Waals surface area contributed by atoms with Gasteiger partial charge in [0, 0.05) is 57.7 Å². The molecule has 2 atom stereocenters.